The molecule has 0 spiro atoms. The molecular weight excluding hydrogens is 292 g/mol. The van der Waals surface area contributed by atoms with Crippen LogP contribution in [0.15, 0.2) is 16.3 Å². The molecule has 0 bridgehead atoms. The normalized spacial score (nSPS) is 21.8. The van der Waals surface area contributed by atoms with Gasteiger partial charge in [-0.25, -0.2) is 8.42 Å². The summed E-state index contributed by atoms with van der Waals surface area (Å²) >= 11 is 1.36. The number of hydrogen-bond acceptors (Lipinski definition) is 4. The van der Waals surface area contributed by atoms with Crippen molar-refractivity contribution in [3.05, 3.63) is 17.0 Å². The fourth-order valence-corrected chi connectivity index (χ4v) is 5.71. The molecule has 2 heterocycles. The summed E-state index contributed by atoms with van der Waals surface area (Å²) in [6.07, 6.45) is 4.99. The number of hydrogen-bond donors (Lipinski definition) is 1. The maximum Gasteiger partial charge on any atom is 0.252 e. The topological polar surface area (TPSA) is 63.4 Å². The molecule has 2 N–H and O–H groups in total. The predicted molar refractivity (Wildman–Crippen MR) is 83.5 cm³/mol. The smallest absolute Gasteiger partial charge is 0.252 e. The van der Waals surface area contributed by atoms with Gasteiger partial charge in [0.1, 0.15) is 4.21 Å². The first-order valence-corrected chi connectivity index (χ1v) is 9.62. The summed E-state index contributed by atoms with van der Waals surface area (Å²) in [6, 6.07) is 3.62. The second kappa shape index (κ2) is 7.02. The van der Waals surface area contributed by atoms with Crippen LogP contribution in [-0.2, 0) is 16.4 Å². The van der Waals surface area contributed by atoms with E-state index in [0.717, 1.165) is 37.0 Å². The van der Waals surface area contributed by atoms with Crippen LogP contribution < -0.4 is 5.73 Å². The van der Waals surface area contributed by atoms with Gasteiger partial charge >= 0.3 is 0 Å². The number of rotatable bonds is 5. The van der Waals surface area contributed by atoms with Crippen LogP contribution in [0, 0.1) is 5.92 Å². The van der Waals surface area contributed by atoms with E-state index in [1.54, 1.807) is 10.4 Å². The predicted octanol–water partition coefficient (Wildman–Crippen LogP) is 2.45. The van der Waals surface area contributed by atoms with Crippen molar-refractivity contribution in [2.24, 2.45) is 11.7 Å². The largest absolute Gasteiger partial charge is 0.330 e. The lowest BCUT2D eigenvalue weighted by molar-refractivity contribution is 0.408. The van der Waals surface area contributed by atoms with Crippen molar-refractivity contribution < 1.29 is 8.42 Å². The summed E-state index contributed by atoms with van der Waals surface area (Å²) in [6.45, 7) is 4.06. The Morgan fingerprint density at radius 2 is 2.15 bits per heavy atom. The molecule has 1 aromatic rings. The summed E-state index contributed by atoms with van der Waals surface area (Å²) in [5.41, 5.74) is 5.52. The van der Waals surface area contributed by atoms with Crippen LogP contribution in [0.4, 0.5) is 0 Å². The van der Waals surface area contributed by atoms with Crippen molar-refractivity contribution in [3.63, 3.8) is 0 Å². The van der Waals surface area contributed by atoms with Gasteiger partial charge in [0, 0.05) is 18.0 Å². The van der Waals surface area contributed by atoms with Gasteiger partial charge in [-0.15, -0.1) is 11.3 Å². The zero-order valence-electron chi connectivity index (χ0n) is 12.0. The zero-order chi connectivity index (χ0) is 14.6. The van der Waals surface area contributed by atoms with Crippen LogP contribution in [0.2, 0.25) is 0 Å². The van der Waals surface area contributed by atoms with E-state index in [-0.39, 0.29) is 0 Å². The number of nitrogens with zero attached hydrogens (tertiary/aromatic N) is 1. The molecule has 0 amide bonds. The van der Waals surface area contributed by atoms with Gasteiger partial charge in [0.05, 0.1) is 0 Å². The third-order valence-electron chi connectivity index (χ3n) is 4.01. The van der Waals surface area contributed by atoms with Gasteiger partial charge in [0.2, 0.25) is 0 Å². The molecule has 1 aromatic heterocycles. The van der Waals surface area contributed by atoms with Gasteiger partial charge in [-0.05, 0) is 50.3 Å². The van der Waals surface area contributed by atoms with E-state index < -0.39 is 10.0 Å². The minimum Gasteiger partial charge on any atom is -0.330 e. The maximum atomic E-state index is 12.7. The van der Waals surface area contributed by atoms with Crippen molar-refractivity contribution in [2.45, 2.75) is 43.2 Å². The molecule has 1 atom stereocenters. The Hall–Kier alpha value is -0.430. The Kier molecular flexibility index (Phi) is 5.60. The van der Waals surface area contributed by atoms with Crippen LogP contribution in [-0.4, -0.2) is 32.4 Å². The minimum atomic E-state index is -3.30. The van der Waals surface area contributed by atoms with E-state index in [4.69, 9.17) is 5.73 Å². The quantitative estimate of drug-likeness (QED) is 0.907. The van der Waals surface area contributed by atoms with Crippen molar-refractivity contribution >= 4 is 21.4 Å². The lowest BCUT2D eigenvalue weighted by atomic mass is 9.98. The summed E-state index contributed by atoms with van der Waals surface area (Å²) in [5.74, 6) is 0.673. The van der Waals surface area contributed by atoms with Gasteiger partial charge in [-0.3, -0.25) is 0 Å². The fourth-order valence-electron chi connectivity index (χ4n) is 2.69. The highest BCUT2D eigenvalue weighted by molar-refractivity contribution is 7.91. The number of thiophene rings is 1. The molecule has 1 saturated heterocycles. The molecule has 114 valence electrons. The lowest BCUT2D eigenvalue weighted by Gasteiger charge is -2.19. The highest BCUT2D eigenvalue weighted by Gasteiger charge is 2.28. The molecule has 0 aromatic carbocycles. The zero-order valence-corrected chi connectivity index (χ0v) is 13.7. The van der Waals surface area contributed by atoms with Crippen LogP contribution in [0.5, 0.6) is 0 Å². The van der Waals surface area contributed by atoms with Crippen LogP contribution in [0.1, 0.15) is 37.5 Å². The van der Waals surface area contributed by atoms with Gasteiger partial charge in [-0.2, -0.15) is 4.31 Å². The Balaban J connectivity index is 2.12. The standard InChI is InChI=1S/C14H24N2O2S2/c1-2-12-4-3-10-16(11-8-12)20(17,18)14-6-5-13(19-14)7-9-15/h5-6,12H,2-4,7-11,15H2,1H3. The van der Waals surface area contributed by atoms with Crippen LogP contribution >= 0.6 is 11.3 Å². The minimum absolute atomic E-state index is 0.468. The van der Waals surface area contributed by atoms with Crippen molar-refractivity contribution in [2.75, 3.05) is 19.6 Å². The molecular formula is C14H24N2O2S2. The van der Waals surface area contributed by atoms with E-state index in [9.17, 15) is 8.42 Å². The van der Waals surface area contributed by atoms with Gasteiger partial charge < -0.3 is 5.73 Å². The Morgan fingerprint density at radius 3 is 2.85 bits per heavy atom. The average molecular weight is 316 g/mol. The first-order chi connectivity index (χ1) is 9.57. The third kappa shape index (κ3) is 3.61. The molecule has 1 aliphatic rings. The molecule has 0 aliphatic carbocycles. The molecule has 1 aliphatic heterocycles. The fraction of sp³-hybridized carbons (Fsp3) is 0.714. The molecule has 1 fully saturated rings. The molecule has 20 heavy (non-hydrogen) atoms. The Bertz CT molecular complexity index is 525. The molecule has 1 unspecified atom stereocenters. The maximum absolute atomic E-state index is 12.7. The van der Waals surface area contributed by atoms with Crippen LogP contribution in [0.25, 0.3) is 0 Å². The summed E-state index contributed by atoms with van der Waals surface area (Å²) < 4.78 is 27.5. The monoisotopic (exact) mass is 316 g/mol. The average Bonchev–Trinajstić information content (AvgIpc) is 2.76. The van der Waals surface area contributed by atoms with Crippen molar-refractivity contribution in [1.29, 1.82) is 0 Å². The third-order valence-corrected chi connectivity index (χ3v) is 7.52. The van der Waals surface area contributed by atoms with E-state index in [2.05, 4.69) is 6.92 Å². The first kappa shape index (κ1) is 15.9. The lowest BCUT2D eigenvalue weighted by Crippen LogP contribution is -2.31. The van der Waals surface area contributed by atoms with Crippen molar-refractivity contribution in [1.82, 2.24) is 4.31 Å². The van der Waals surface area contributed by atoms with E-state index in [1.165, 1.54) is 11.3 Å². The molecule has 0 radical (unpaired) electrons. The van der Waals surface area contributed by atoms with Gasteiger partial charge in [0.25, 0.3) is 10.0 Å². The van der Waals surface area contributed by atoms with Crippen LogP contribution in [0.3, 0.4) is 0 Å². The number of sulfonamides is 1. The first-order valence-electron chi connectivity index (χ1n) is 7.37. The highest BCUT2D eigenvalue weighted by Crippen LogP contribution is 2.28. The second-order valence-corrected chi connectivity index (χ2v) is 8.70. The summed E-state index contributed by atoms with van der Waals surface area (Å²) in [4.78, 5) is 1.05. The SMILES string of the molecule is CCC1CCCN(S(=O)(=O)c2ccc(CCN)s2)CC1. The Labute approximate surface area is 126 Å². The molecule has 4 nitrogen and oxygen atoms in total. The Morgan fingerprint density at radius 1 is 1.35 bits per heavy atom. The second-order valence-electron chi connectivity index (χ2n) is 5.37. The molecule has 6 heteroatoms. The van der Waals surface area contributed by atoms with E-state index in [1.807, 2.05) is 6.07 Å². The summed E-state index contributed by atoms with van der Waals surface area (Å²) in [7, 11) is -3.30. The summed E-state index contributed by atoms with van der Waals surface area (Å²) in [5, 5.41) is 0. The van der Waals surface area contributed by atoms with Crippen molar-refractivity contribution in [3.8, 4) is 0 Å². The molecule has 0 saturated carbocycles. The number of nitrogens with two attached hydrogens (primary N) is 1. The van der Waals surface area contributed by atoms with E-state index >= 15 is 0 Å². The molecule has 2 rings (SSSR count). The van der Waals surface area contributed by atoms with E-state index in [0.29, 0.717) is 29.8 Å². The van der Waals surface area contributed by atoms with Gasteiger partial charge in [-0.1, -0.05) is 13.3 Å². The van der Waals surface area contributed by atoms with Gasteiger partial charge in [0.15, 0.2) is 0 Å². The highest BCUT2D eigenvalue weighted by atomic mass is 32.2.